The Bertz CT molecular complexity index is 4100. The SMILES string of the molecule is Oc1c(O)c(O)c(-c2cc(-c3nc(-c4ccccc4)nc(-c4ccccc4)n3)c3oc4cc(-n5c6ccccc6c6cc(-c7ccccc7)ccc65)cc(-c5c(O)c(O)c(O)c(O)c5O)c4c3c2)c(O)c1O. The van der Waals surface area contributed by atoms with Gasteiger partial charge in [-0.1, -0.05) is 115 Å². The average molecular weight is 953 g/mol. The summed E-state index contributed by atoms with van der Waals surface area (Å²) in [6.45, 7) is 0. The van der Waals surface area contributed by atoms with Gasteiger partial charge >= 0.3 is 0 Å². The largest absolute Gasteiger partial charge is 0.504 e. The fraction of sp³-hybridized carbons (Fsp3) is 0. The number of phenolic OH excluding ortho intramolecular Hbond substituents is 10. The summed E-state index contributed by atoms with van der Waals surface area (Å²) in [7, 11) is 0. The molecule has 350 valence electrons. The second-order valence-corrected chi connectivity index (χ2v) is 17.1. The van der Waals surface area contributed by atoms with E-state index in [1.807, 2.05) is 132 Å². The van der Waals surface area contributed by atoms with Crippen LogP contribution in [0.5, 0.6) is 57.5 Å². The summed E-state index contributed by atoms with van der Waals surface area (Å²) in [4.78, 5) is 14.7. The number of aromatic nitrogens is 4. The van der Waals surface area contributed by atoms with Crippen LogP contribution in [0.25, 0.3) is 117 Å². The topological polar surface area (TPSA) is 259 Å². The standard InChI is InChI=1S/C57H36N4O11/c62-44-41(45(63)49(67)52(70)48(44)66)31-23-36-42-35(43-46(64)50(68)53(71)51(69)47(43)65)25-32(61-38-19-11-10-18-33(38)34-22-30(20-21-39(34)61)27-12-4-1-5-13-27)26-40(42)72-54(36)37(24-31)57-59-55(28-14-6-2-7-15-28)58-56(60-57)29-16-8-3-9-17-29/h1-26,62-71H. The van der Waals surface area contributed by atoms with Crippen molar-refractivity contribution in [1.29, 1.82) is 0 Å². The number of benzene rings is 9. The van der Waals surface area contributed by atoms with Gasteiger partial charge in [0.25, 0.3) is 0 Å². The summed E-state index contributed by atoms with van der Waals surface area (Å²) in [6, 6.07) is 47.9. The number of fused-ring (bicyclic) bond motifs is 6. The van der Waals surface area contributed by atoms with Crippen LogP contribution >= 0.6 is 0 Å². The summed E-state index contributed by atoms with van der Waals surface area (Å²) >= 11 is 0. The molecule has 0 aliphatic carbocycles. The van der Waals surface area contributed by atoms with Crippen molar-refractivity contribution in [3.8, 4) is 131 Å². The van der Waals surface area contributed by atoms with Crippen LogP contribution in [0.1, 0.15) is 0 Å². The van der Waals surface area contributed by atoms with E-state index in [2.05, 4.69) is 6.07 Å². The Hall–Kier alpha value is -10.4. The van der Waals surface area contributed by atoms with Crippen LogP contribution in [-0.2, 0) is 0 Å². The molecule has 12 aromatic rings. The molecular formula is C57H36N4O11. The third kappa shape index (κ3) is 6.49. The maximum Gasteiger partial charge on any atom is 0.208 e. The first-order chi connectivity index (χ1) is 34.9. The van der Waals surface area contributed by atoms with Crippen LogP contribution in [0, 0.1) is 0 Å². The minimum Gasteiger partial charge on any atom is -0.504 e. The van der Waals surface area contributed by atoms with Gasteiger partial charge in [-0.15, -0.1) is 0 Å². The molecule has 0 aliphatic rings. The molecule has 10 N–H and O–H groups in total. The molecule has 0 bridgehead atoms. The molecule has 9 aromatic carbocycles. The Morgan fingerprint density at radius 2 is 0.806 bits per heavy atom. The quantitative estimate of drug-likeness (QED) is 0.0527. The van der Waals surface area contributed by atoms with E-state index in [9.17, 15) is 51.1 Å². The molecule has 0 aliphatic heterocycles. The predicted octanol–water partition coefficient (Wildman–Crippen LogP) is 11.9. The average Bonchev–Trinajstić information content (AvgIpc) is 3.96. The van der Waals surface area contributed by atoms with Crippen LogP contribution in [0.15, 0.2) is 162 Å². The molecule has 15 nitrogen and oxygen atoms in total. The molecular weight excluding hydrogens is 917 g/mol. The van der Waals surface area contributed by atoms with Crippen molar-refractivity contribution in [3.05, 3.63) is 158 Å². The van der Waals surface area contributed by atoms with E-state index in [1.54, 1.807) is 12.1 Å². The predicted molar refractivity (Wildman–Crippen MR) is 271 cm³/mol. The first-order valence-corrected chi connectivity index (χ1v) is 22.3. The van der Waals surface area contributed by atoms with Gasteiger partial charge in [0.2, 0.25) is 34.5 Å². The number of hydrogen-bond acceptors (Lipinski definition) is 14. The molecule has 12 rings (SSSR count). The molecule has 0 saturated carbocycles. The number of furan rings is 1. The lowest BCUT2D eigenvalue weighted by molar-refractivity contribution is 0.330. The van der Waals surface area contributed by atoms with Crippen LogP contribution < -0.4 is 0 Å². The van der Waals surface area contributed by atoms with Gasteiger partial charge in [-0.2, -0.15) is 0 Å². The van der Waals surface area contributed by atoms with Crippen molar-refractivity contribution in [3.63, 3.8) is 0 Å². The van der Waals surface area contributed by atoms with Gasteiger partial charge < -0.3 is 60.0 Å². The van der Waals surface area contributed by atoms with Gasteiger partial charge in [-0.25, -0.2) is 15.0 Å². The Labute approximate surface area is 405 Å². The second-order valence-electron chi connectivity index (χ2n) is 17.1. The Balaban J connectivity index is 1.24. The van der Waals surface area contributed by atoms with Gasteiger partial charge in [0.05, 0.1) is 33.4 Å². The fourth-order valence-corrected chi connectivity index (χ4v) is 9.52. The molecule has 15 heteroatoms. The highest BCUT2D eigenvalue weighted by Crippen LogP contribution is 2.59. The molecule has 0 saturated heterocycles. The molecule has 0 atom stereocenters. The van der Waals surface area contributed by atoms with E-state index < -0.39 is 68.6 Å². The van der Waals surface area contributed by atoms with Gasteiger partial charge in [0.15, 0.2) is 40.5 Å². The third-order valence-corrected chi connectivity index (χ3v) is 12.9. The third-order valence-electron chi connectivity index (χ3n) is 12.9. The van der Waals surface area contributed by atoms with Crippen molar-refractivity contribution in [2.45, 2.75) is 0 Å². The smallest absolute Gasteiger partial charge is 0.208 e. The molecule has 0 spiro atoms. The molecule has 72 heavy (non-hydrogen) atoms. The second kappa shape index (κ2) is 16.1. The maximum atomic E-state index is 11.7. The minimum absolute atomic E-state index is 0.00354. The van der Waals surface area contributed by atoms with E-state index in [0.29, 0.717) is 16.8 Å². The summed E-state index contributed by atoms with van der Waals surface area (Å²) in [5, 5.41) is 113. The van der Waals surface area contributed by atoms with Crippen molar-refractivity contribution in [1.82, 2.24) is 19.5 Å². The number of aromatic hydroxyl groups is 10. The van der Waals surface area contributed by atoms with Gasteiger partial charge in [-0.05, 0) is 53.1 Å². The lowest BCUT2D eigenvalue weighted by Crippen LogP contribution is -2.00. The van der Waals surface area contributed by atoms with Gasteiger partial charge in [0, 0.05) is 44.3 Å². The van der Waals surface area contributed by atoms with E-state index >= 15 is 0 Å². The minimum atomic E-state index is -1.18. The van der Waals surface area contributed by atoms with Crippen molar-refractivity contribution in [2.75, 3.05) is 0 Å². The number of para-hydroxylation sites is 1. The first kappa shape index (κ1) is 42.9. The van der Waals surface area contributed by atoms with Crippen LogP contribution in [0.2, 0.25) is 0 Å². The van der Waals surface area contributed by atoms with Crippen LogP contribution in [0.4, 0.5) is 0 Å². The van der Waals surface area contributed by atoms with Crippen molar-refractivity contribution >= 4 is 43.7 Å². The number of nitrogens with zero attached hydrogens (tertiary/aromatic N) is 4. The van der Waals surface area contributed by atoms with Gasteiger partial charge in [0.1, 0.15) is 11.2 Å². The zero-order valence-corrected chi connectivity index (χ0v) is 37.2. The van der Waals surface area contributed by atoms with E-state index in [1.165, 1.54) is 12.1 Å². The highest BCUT2D eigenvalue weighted by molar-refractivity contribution is 6.19. The molecule has 0 amide bonds. The first-order valence-electron chi connectivity index (χ1n) is 22.3. The monoisotopic (exact) mass is 952 g/mol. The van der Waals surface area contributed by atoms with Crippen molar-refractivity contribution in [2.24, 2.45) is 0 Å². The highest BCUT2D eigenvalue weighted by atomic mass is 16.4. The zero-order valence-electron chi connectivity index (χ0n) is 37.2. The number of phenols is 10. The molecule has 3 heterocycles. The zero-order chi connectivity index (χ0) is 49.7. The summed E-state index contributed by atoms with van der Waals surface area (Å²) in [5.41, 5.74) is 4.11. The van der Waals surface area contributed by atoms with E-state index in [0.717, 1.165) is 32.9 Å². The van der Waals surface area contributed by atoms with Crippen LogP contribution in [0.3, 0.4) is 0 Å². The summed E-state index contributed by atoms with van der Waals surface area (Å²) < 4.78 is 8.84. The summed E-state index contributed by atoms with van der Waals surface area (Å²) in [5.74, 6) is -10.5. The highest BCUT2D eigenvalue weighted by Gasteiger charge is 2.31. The molecule has 0 unspecified atom stereocenters. The molecule has 0 fully saturated rings. The summed E-state index contributed by atoms with van der Waals surface area (Å²) in [6.07, 6.45) is 0. The number of rotatable bonds is 7. The van der Waals surface area contributed by atoms with E-state index in [-0.39, 0.29) is 56.1 Å². The number of hydrogen-bond donors (Lipinski definition) is 10. The lowest BCUT2D eigenvalue weighted by Gasteiger charge is -2.16. The fourth-order valence-electron chi connectivity index (χ4n) is 9.52. The Morgan fingerprint density at radius 1 is 0.333 bits per heavy atom. The normalized spacial score (nSPS) is 11.6. The maximum absolute atomic E-state index is 11.7. The Morgan fingerprint density at radius 3 is 1.39 bits per heavy atom. The van der Waals surface area contributed by atoms with Crippen LogP contribution in [-0.4, -0.2) is 70.6 Å². The lowest BCUT2D eigenvalue weighted by atomic mass is 9.92. The molecule has 0 radical (unpaired) electrons. The van der Waals surface area contributed by atoms with E-state index in [4.69, 9.17) is 19.4 Å². The molecule has 3 aromatic heterocycles. The Kier molecular flexibility index (Phi) is 9.60. The van der Waals surface area contributed by atoms with Crippen molar-refractivity contribution < 1.29 is 55.5 Å². The van der Waals surface area contributed by atoms with Gasteiger partial charge in [-0.3, -0.25) is 0 Å².